The maximum atomic E-state index is 5.36. The summed E-state index contributed by atoms with van der Waals surface area (Å²) in [7, 11) is 0. The molecule has 66 valence electrons. The van der Waals surface area contributed by atoms with E-state index < -0.39 is 0 Å². The summed E-state index contributed by atoms with van der Waals surface area (Å²) in [5, 5.41) is 13.4. The Balaban J connectivity index is 0.000000132. The largest absolute Gasteiger partial charge is 0.399 e. The lowest BCUT2D eigenvalue weighted by Crippen LogP contribution is -1.81. The first kappa shape index (κ1) is 9.05. The van der Waals surface area contributed by atoms with Crippen LogP contribution < -0.4 is 5.73 Å². The minimum Gasteiger partial charge on any atom is -0.399 e. The van der Waals surface area contributed by atoms with Crippen molar-refractivity contribution in [2.75, 3.05) is 5.73 Å². The molecule has 1 aromatic heterocycles. The number of rotatable bonds is 0. The van der Waals surface area contributed by atoms with E-state index in [-0.39, 0.29) is 0 Å². The van der Waals surface area contributed by atoms with Crippen LogP contribution in [0.1, 0.15) is 0 Å². The van der Waals surface area contributed by atoms with E-state index in [4.69, 9.17) is 5.73 Å². The van der Waals surface area contributed by atoms with E-state index in [0.29, 0.717) is 0 Å². The Morgan fingerprint density at radius 3 is 1.46 bits per heavy atom. The summed E-state index contributed by atoms with van der Waals surface area (Å²) in [5.74, 6) is 0. The molecule has 0 bridgehead atoms. The van der Waals surface area contributed by atoms with Gasteiger partial charge in [0.1, 0.15) is 0 Å². The fraction of sp³-hybridized carbons (Fsp3) is 0. The van der Waals surface area contributed by atoms with Crippen molar-refractivity contribution in [3.8, 4) is 0 Å². The summed E-state index contributed by atoms with van der Waals surface area (Å²) < 4.78 is 0. The second-order valence-electron chi connectivity index (χ2n) is 2.10. The monoisotopic (exact) mass is 175 g/mol. The van der Waals surface area contributed by atoms with Gasteiger partial charge < -0.3 is 5.73 Å². The Kier molecular flexibility index (Phi) is 3.89. The molecule has 0 radical (unpaired) electrons. The Labute approximate surface area is 75.6 Å². The van der Waals surface area contributed by atoms with E-state index in [9.17, 15) is 0 Å². The number of nitrogens with zero attached hydrogens (tertiary/aromatic N) is 4. The van der Waals surface area contributed by atoms with Gasteiger partial charge in [0.15, 0.2) is 12.7 Å². The predicted octanol–water partition coefficient (Wildman–Crippen LogP) is 0.535. The predicted molar refractivity (Wildman–Crippen MR) is 48.5 cm³/mol. The molecule has 0 fully saturated rings. The summed E-state index contributed by atoms with van der Waals surface area (Å²) in [6.45, 7) is 0. The maximum absolute atomic E-state index is 5.36. The van der Waals surface area contributed by atoms with Crippen LogP contribution in [-0.4, -0.2) is 20.4 Å². The maximum Gasteiger partial charge on any atom is 0.160 e. The molecule has 0 aliphatic heterocycles. The van der Waals surface area contributed by atoms with Crippen LogP contribution in [0.4, 0.5) is 5.69 Å². The molecule has 13 heavy (non-hydrogen) atoms. The zero-order chi connectivity index (χ0) is 9.36. The van der Waals surface area contributed by atoms with Crippen LogP contribution in [0.2, 0.25) is 0 Å². The topological polar surface area (TPSA) is 77.6 Å². The quantitative estimate of drug-likeness (QED) is 0.591. The zero-order valence-electron chi connectivity index (χ0n) is 6.91. The standard InChI is InChI=1S/C6H7N.C2H2N4/c7-6-4-2-1-3-5-6;1-3-5-2-6-4-1/h1-5H,7H2;1-2H. The highest BCUT2D eigenvalue weighted by atomic mass is 15.2. The van der Waals surface area contributed by atoms with E-state index >= 15 is 0 Å². The van der Waals surface area contributed by atoms with Crippen LogP contribution in [0.5, 0.6) is 0 Å². The van der Waals surface area contributed by atoms with Crippen molar-refractivity contribution < 1.29 is 0 Å². The van der Waals surface area contributed by atoms with Crippen molar-refractivity contribution in [1.82, 2.24) is 20.4 Å². The van der Waals surface area contributed by atoms with Crippen LogP contribution in [0.3, 0.4) is 0 Å². The number of aromatic nitrogens is 4. The molecule has 0 amide bonds. The van der Waals surface area contributed by atoms with Crippen LogP contribution in [-0.2, 0) is 0 Å². The highest BCUT2D eigenvalue weighted by molar-refractivity contribution is 5.35. The Morgan fingerprint density at radius 2 is 1.23 bits per heavy atom. The molecule has 0 aliphatic carbocycles. The summed E-state index contributed by atoms with van der Waals surface area (Å²) in [4.78, 5) is 0. The van der Waals surface area contributed by atoms with Crippen molar-refractivity contribution in [2.24, 2.45) is 0 Å². The van der Waals surface area contributed by atoms with Gasteiger partial charge in [-0.25, -0.2) is 0 Å². The molecule has 5 heteroatoms. The number of anilines is 1. The van der Waals surface area contributed by atoms with Gasteiger partial charge in [0.2, 0.25) is 0 Å². The lowest BCUT2D eigenvalue weighted by molar-refractivity contribution is 0.853. The highest BCUT2D eigenvalue weighted by Crippen LogP contribution is 1.95. The van der Waals surface area contributed by atoms with E-state index in [1.807, 2.05) is 30.3 Å². The van der Waals surface area contributed by atoms with E-state index in [0.717, 1.165) is 5.69 Å². The minimum atomic E-state index is 0.822. The van der Waals surface area contributed by atoms with Crippen molar-refractivity contribution in [2.45, 2.75) is 0 Å². The first-order valence-electron chi connectivity index (χ1n) is 3.63. The molecular weight excluding hydrogens is 166 g/mol. The zero-order valence-corrected chi connectivity index (χ0v) is 6.91. The molecule has 0 saturated carbocycles. The third kappa shape index (κ3) is 4.41. The summed E-state index contributed by atoms with van der Waals surface area (Å²) in [6.07, 6.45) is 2.56. The molecule has 2 rings (SSSR count). The Bertz CT molecular complexity index is 283. The van der Waals surface area contributed by atoms with Crippen molar-refractivity contribution in [1.29, 1.82) is 0 Å². The minimum absolute atomic E-state index is 0.822. The van der Waals surface area contributed by atoms with Crippen LogP contribution in [0.25, 0.3) is 0 Å². The average molecular weight is 175 g/mol. The number of nitrogen functional groups attached to an aromatic ring is 1. The lowest BCUT2D eigenvalue weighted by Gasteiger charge is -1.83. The molecule has 1 aromatic carbocycles. The van der Waals surface area contributed by atoms with Gasteiger partial charge in [-0.15, -0.1) is 20.4 Å². The van der Waals surface area contributed by atoms with Gasteiger partial charge in [0.05, 0.1) is 0 Å². The van der Waals surface area contributed by atoms with E-state index in [1.165, 1.54) is 12.7 Å². The molecular formula is C8H9N5. The fourth-order valence-electron chi connectivity index (χ4n) is 0.618. The molecule has 5 nitrogen and oxygen atoms in total. The molecule has 0 atom stereocenters. The third-order valence-electron chi connectivity index (χ3n) is 1.14. The Hall–Kier alpha value is -2.04. The molecule has 0 spiro atoms. The molecule has 0 unspecified atom stereocenters. The smallest absolute Gasteiger partial charge is 0.160 e. The van der Waals surface area contributed by atoms with Gasteiger partial charge in [-0.2, -0.15) is 0 Å². The second kappa shape index (κ2) is 5.59. The van der Waals surface area contributed by atoms with Gasteiger partial charge in [-0.05, 0) is 12.1 Å². The average Bonchev–Trinajstić information content (AvgIpc) is 2.22. The summed E-state index contributed by atoms with van der Waals surface area (Å²) >= 11 is 0. The fourth-order valence-corrected chi connectivity index (χ4v) is 0.618. The first-order chi connectivity index (χ1) is 6.39. The van der Waals surface area contributed by atoms with Crippen molar-refractivity contribution in [3.05, 3.63) is 43.0 Å². The molecule has 2 N–H and O–H groups in total. The van der Waals surface area contributed by atoms with Crippen LogP contribution in [0.15, 0.2) is 43.0 Å². The second-order valence-corrected chi connectivity index (χ2v) is 2.10. The lowest BCUT2D eigenvalue weighted by atomic mass is 10.3. The number of hydrogen-bond donors (Lipinski definition) is 1. The molecule has 2 aromatic rings. The van der Waals surface area contributed by atoms with Gasteiger partial charge in [0.25, 0.3) is 0 Å². The number of hydrogen-bond acceptors (Lipinski definition) is 5. The van der Waals surface area contributed by atoms with Crippen molar-refractivity contribution in [3.63, 3.8) is 0 Å². The number of para-hydroxylation sites is 1. The molecule has 0 aliphatic rings. The van der Waals surface area contributed by atoms with E-state index in [1.54, 1.807) is 0 Å². The highest BCUT2D eigenvalue weighted by Gasteiger charge is 1.72. The van der Waals surface area contributed by atoms with Crippen molar-refractivity contribution >= 4 is 5.69 Å². The first-order valence-corrected chi connectivity index (χ1v) is 3.63. The van der Waals surface area contributed by atoms with Crippen LogP contribution in [0, 0.1) is 0 Å². The van der Waals surface area contributed by atoms with Gasteiger partial charge in [-0.1, -0.05) is 18.2 Å². The molecule has 1 heterocycles. The summed E-state index contributed by atoms with van der Waals surface area (Å²) in [6, 6.07) is 9.49. The van der Waals surface area contributed by atoms with Gasteiger partial charge >= 0.3 is 0 Å². The van der Waals surface area contributed by atoms with Crippen LogP contribution >= 0.6 is 0 Å². The van der Waals surface area contributed by atoms with Gasteiger partial charge in [0, 0.05) is 5.69 Å². The van der Waals surface area contributed by atoms with Gasteiger partial charge in [-0.3, -0.25) is 0 Å². The third-order valence-corrected chi connectivity index (χ3v) is 1.14. The number of nitrogens with two attached hydrogens (primary N) is 1. The normalized spacial score (nSPS) is 8.31. The summed E-state index contributed by atoms with van der Waals surface area (Å²) in [5.41, 5.74) is 6.18. The number of benzene rings is 1. The molecule has 0 saturated heterocycles. The SMILES string of the molecule is Nc1ccccc1.c1nncnn1. The Morgan fingerprint density at radius 1 is 0.769 bits per heavy atom. The van der Waals surface area contributed by atoms with E-state index in [2.05, 4.69) is 20.4 Å².